The topological polar surface area (TPSA) is 59.0 Å². The minimum atomic E-state index is -4.50. The summed E-state index contributed by atoms with van der Waals surface area (Å²) in [7, 11) is 0. The normalized spacial score (nSPS) is 18.1. The molecule has 0 saturated heterocycles. The molecule has 1 aromatic heterocycles. The Morgan fingerprint density at radius 3 is 2.50 bits per heavy atom. The maximum absolute atomic E-state index is 13.9. The van der Waals surface area contributed by atoms with Crippen molar-refractivity contribution in [1.29, 1.82) is 0 Å². The summed E-state index contributed by atoms with van der Waals surface area (Å²) in [4.78, 5) is 13.1. The van der Waals surface area contributed by atoms with E-state index >= 15 is 0 Å². The number of rotatable bonds is 3. The van der Waals surface area contributed by atoms with Crippen LogP contribution in [0.5, 0.6) is 0 Å². The molecule has 0 radical (unpaired) electrons. The van der Waals surface area contributed by atoms with Crippen LogP contribution in [0.3, 0.4) is 0 Å². The number of carbonyl (C=O) groups is 1. The molecule has 0 fully saturated rings. The number of nitrogens with one attached hydrogen (secondary N) is 2. The molecule has 4 aromatic rings. The van der Waals surface area contributed by atoms with Gasteiger partial charge in [-0.15, -0.1) is 0 Å². The van der Waals surface area contributed by atoms with Crippen LogP contribution in [0.15, 0.2) is 79.0 Å². The summed E-state index contributed by atoms with van der Waals surface area (Å²) in [5.74, 6) is -0.463. The zero-order valence-electron chi connectivity index (χ0n) is 16.8. The average Bonchev–Trinajstić information content (AvgIpc) is 3.23. The lowest BCUT2D eigenvalue weighted by molar-refractivity contribution is -0.173. The van der Waals surface area contributed by atoms with Crippen molar-refractivity contribution in [2.75, 3.05) is 10.6 Å². The van der Waals surface area contributed by atoms with Gasteiger partial charge in [-0.2, -0.15) is 18.3 Å². The van der Waals surface area contributed by atoms with Gasteiger partial charge in [0.25, 0.3) is 5.91 Å². The van der Waals surface area contributed by atoms with Crippen molar-refractivity contribution in [3.05, 3.63) is 90.1 Å². The summed E-state index contributed by atoms with van der Waals surface area (Å²) >= 11 is 0. The second-order valence-electron chi connectivity index (χ2n) is 7.73. The van der Waals surface area contributed by atoms with Crippen molar-refractivity contribution in [3.8, 4) is 0 Å². The molecule has 1 aliphatic heterocycles. The second-order valence-corrected chi connectivity index (χ2v) is 7.73. The van der Waals surface area contributed by atoms with E-state index in [1.54, 1.807) is 36.4 Å². The van der Waals surface area contributed by atoms with Gasteiger partial charge >= 0.3 is 6.18 Å². The van der Waals surface area contributed by atoms with Crippen LogP contribution in [-0.2, 0) is 0 Å². The van der Waals surface area contributed by atoms with E-state index in [9.17, 15) is 18.0 Å². The van der Waals surface area contributed by atoms with Crippen LogP contribution < -0.4 is 10.6 Å². The van der Waals surface area contributed by atoms with E-state index < -0.39 is 24.2 Å². The first-order chi connectivity index (χ1) is 15.4. The van der Waals surface area contributed by atoms with Gasteiger partial charge in [0.2, 0.25) is 0 Å². The molecule has 32 heavy (non-hydrogen) atoms. The molecule has 0 aliphatic carbocycles. The summed E-state index contributed by atoms with van der Waals surface area (Å²) in [6.07, 6.45) is -3.53. The van der Waals surface area contributed by atoms with Crippen molar-refractivity contribution in [3.63, 3.8) is 0 Å². The molecular weight excluding hydrogens is 417 g/mol. The Morgan fingerprint density at radius 2 is 1.72 bits per heavy atom. The molecule has 162 valence electrons. The van der Waals surface area contributed by atoms with Gasteiger partial charge in [-0.25, -0.2) is 4.68 Å². The number of benzene rings is 3. The van der Waals surface area contributed by atoms with Crippen molar-refractivity contribution < 1.29 is 18.0 Å². The number of amides is 1. The smallest absolute Gasteiger partial charge is 0.363 e. The minimum absolute atomic E-state index is 0.0603. The van der Waals surface area contributed by atoms with Gasteiger partial charge in [0.05, 0.1) is 12.2 Å². The fourth-order valence-electron chi connectivity index (χ4n) is 4.16. The first kappa shape index (κ1) is 20.1. The van der Waals surface area contributed by atoms with Crippen LogP contribution >= 0.6 is 0 Å². The molecule has 3 aromatic carbocycles. The molecule has 2 N–H and O–H groups in total. The fraction of sp³-hybridized carbons (Fsp3) is 0.167. The van der Waals surface area contributed by atoms with E-state index in [4.69, 9.17) is 0 Å². The van der Waals surface area contributed by atoms with E-state index in [2.05, 4.69) is 15.7 Å². The molecule has 1 aliphatic rings. The number of fused-ring (bicyclic) bond motifs is 2. The monoisotopic (exact) mass is 436 g/mol. The summed E-state index contributed by atoms with van der Waals surface area (Å²) < 4.78 is 42.4. The Labute approximate surface area is 181 Å². The third-order valence-corrected chi connectivity index (χ3v) is 5.72. The van der Waals surface area contributed by atoms with Crippen LogP contribution in [0.1, 0.15) is 34.4 Å². The number of hydrogen-bond donors (Lipinski definition) is 2. The number of halogens is 3. The molecule has 0 spiro atoms. The van der Waals surface area contributed by atoms with Gasteiger partial charge < -0.3 is 10.6 Å². The Balaban J connectivity index is 1.52. The predicted molar refractivity (Wildman–Crippen MR) is 117 cm³/mol. The van der Waals surface area contributed by atoms with Crippen molar-refractivity contribution in [1.82, 2.24) is 9.78 Å². The first-order valence-corrected chi connectivity index (χ1v) is 10.2. The summed E-state index contributed by atoms with van der Waals surface area (Å²) in [6.45, 7) is 0. The van der Waals surface area contributed by atoms with Crippen LogP contribution in [-0.4, -0.2) is 21.9 Å². The largest absolute Gasteiger partial charge is 0.410 e. The quantitative estimate of drug-likeness (QED) is 0.417. The molecule has 0 saturated carbocycles. The van der Waals surface area contributed by atoms with E-state index in [1.165, 1.54) is 6.20 Å². The fourth-order valence-corrected chi connectivity index (χ4v) is 4.16. The zero-order valence-corrected chi connectivity index (χ0v) is 16.8. The molecule has 2 atom stereocenters. The Kier molecular flexibility index (Phi) is 4.84. The van der Waals surface area contributed by atoms with Crippen LogP contribution in [0.4, 0.5) is 24.7 Å². The second kappa shape index (κ2) is 7.71. The number of aromatic nitrogens is 2. The van der Waals surface area contributed by atoms with Gasteiger partial charge in [0.1, 0.15) is 11.4 Å². The highest BCUT2D eigenvalue weighted by molar-refractivity contribution is 6.11. The van der Waals surface area contributed by atoms with Gasteiger partial charge in [0, 0.05) is 17.5 Å². The van der Waals surface area contributed by atoms with E-state index in [0.717, 1.165) is 21.0 Å². The summed E-state index contributed by atoms with van der Waals surface area (Å²) in [5, 5.41) is 11.7. The van der Waals surface area contributed by atoms with Gasteiger partial charge in [-0.05, 0) is 17.0 Å². The summed E-state index contributed by atoms with van der Waals surface area (Å²) in [6, 6.07) is 19.5. The molecule has 8 heteroatoms. The minimum Gasteiger partial charge on any atom is -0.363 e. The Morgan fingerprint density at radius 1 is 1.00 bits per heavy atom. The SMILES string of the molecule is O=C(Nc1cccc2ccccc12)c1cnn2c1N[C@@H](c1ccccc1)C[C@@H]2C(F)(F)F. The van der Waals surface area contributed by atoms with Gasteiger partial charge in [-0.3, -0.25) is 4.79 Å². The number of anilines is 2. The standard InChI is InChI=1S/C24H19F3N4O/c25-24(26,27)21-13-20(16-8-2-1-3-9-16)29-22-18(14-28-31(21)22)23(32)30-19-12-6-10-15-7-4-5-11-17(15)19/h1-12,14,20-21,29H,13H2,(H,30,32)/t20-,21-/m1/s1. The molecule has 1 amide bonds. The van der Waals surface area contributed by atoms with Crippen molar-refractivity contribution in [2.24, 2.45) is 0 Å². The Hall–Kier alpha value is -3.81. The van der Waals surface area contributed by atoms with Crippen molar-refractivity contribution in [2.45, 2.75) is 24.7 Å². The van der Waals surface area contributed by atoms with Crippen LogP contribution in [0, 0.1) is 0 Å². The zero-order chi connectivity index (χ0) is 22.3. The lowest BCUT2D eigenvalue weighted by Gasteiger charge is -2.34. The number of alkyl halides is 3. The van der Waals surface area contributed by atoms with E-state index in [0.29, 0.717) is 5.69 Å². The molecule has 0 unspecified atom stereocenters. The Bertz CT molecular complexity index is 1280. The first-order valence-electron chi connectivity index (χ1n) is 10.2. The van der Waals surface area contributed by atoms with Crippen LogP contribution in [0.2, 0.25) is 0 Å². The highest BCUT2D eigenvalue weighted by Crippen LogP contribution is 2.44. The molecule has 5 nitrogen and oxygen atoms in total. The summed E-state index contributed by atoms with van der Waals surface area (Å²) in [5.41, 5.74) is 1.36. The molecule has 5 rings (SSSR count). The lowest BCUT2D eigenvalue weighted by atomic mass is 9.96. The third-order valence-electron chi connectivity index (χ3n) is 5.72. The average molecular weight is 436 g/mol. The number of carbonyl (C=O) groups excluding carboxylic acids is 1. The maximum Gasteiger partial charge on any atom is 0.410 e. The highest BCUT2D eigenvalue weighted by Gasteiger charge is 2.47. The molecular formula is C24H19F3N4O. The molecule has 0 bridgehead atoms. The van der Waals surface area contributed by atoms with Gasteiger partial charge in [0.15, 0.2) is 6.04 Å². The number of nitrogens with zero attached hydrogens (tertiary/aromatic N) is 2. The highest BCUT2D eigenvalue weighted by atomic mass is 19.4. The van der Waals surface area contributed by atoms with Crippen molar-refractivity contribution >= 4 is 28.2 Å². The predicted octanol–water partition coefficient (Wildman–Crippen LogP) is 5.95. The molecule has 2 heterocycles. The van der Waals surface area contributed by atoms with E-state index in [-0.39, 0.29) is 17.8 Å². The van der Waals surface area contributed by atoms with Gasteiger partial charge in [-0.1, -0.05) is 66.7 Å². The van der Waals surface area contributed by atoms with E-state index in [1.807, 2.05) is 36.4 Å². The lowest BCUT2D eigenvalue weighted by Crippen LogP contribution is -2.36. The number of hydrogen-bond acceptors (Lipinski definition) is 3. The maximum atomic E-state index is 13.9. The van der Waals surface area contributed by atoms with Crippen LogP contribution in [0.25, 0.3) is 10.8 Å². The third kappa shape index (κ3) is 3.57.